The van der Waals surface area contributed by atoms with Crippen LogP contribution < -0.4 is 5.32 Å². The Morgan fingerprint density at radius 2 is 1.56 bits per heavy atom. The molecule has 0 aliphatic heterocycles. The molecular weight excluding hydrogens is 316 g/mol. The predicted molar refractivity (Wildman–Crippen MR) is 94.2 cm³/mol. The molecule has 1 aromatic heterocycles. The second-order valence-electron chi connectivity index (χ2n) is 5.50. The Morgan fingerprint density at radius 1 is 0.880 bits per heavy atom. The molecular formula is C20H16N2O3. The minimum atomic E-state index is -0.986. The van der Waals surface area contributed by atoms with Gasteiger partial charge in [0.25, 0.3) is 5.91 Å². The van der Waals surface area contributed by atoms with Crippen LogP contribution in [0.5, 0.6) is 0 Å². The zero-order valence-corrected chi connectivity index (χ0v) is 13.3. The summed E-state index contributed by atoms with van der Waals surface area (Å²) in [7, 11) is 0. The van der Waals surface area contributed by atoms with Crippen molar-refractivity contribution in [3.8, 4) is 11.1 Å². The third kappa shape index (κ3) is 4.09. The average molecular weight is 332 g/mol. The third-order valence-corrected chi connectivity index (χ3v) is 3.79. The van der Waals surface area contributed by atoms with E-state index in [1.165, 1.54) is 6.07 Å². The molecule has 0 fully saturated rings. The fourth-order valence-electron chi connectivity index (χ4n) is 2.46. The molecule has 5 heteroatoms. The monoisotopic (exact) mass is 332 g/mol. The van der Waals surface area contributed by atoms with Crippen molar-refractivity contribution < 1.29 is 14.7 Å². The molecule has 5 nitrogen and oxygen atoms in total. The summed E-state index contributed by atoms with van der Waals surface area (Å²) in [5.74, 6) is -1.19. The first kappa shape index (κ1) is 16.4. The second-order valence-corrected chi connectivity index (χ2v) is 5.50. The molecule has 0 saturated heterocycles. The molecule has 3 aromatic rings. The lowest BCUT2D eigenvalue weighted by atomic mass is 10.0. The highest BCUT2D eigenvalue weighted by molar-refractivity contribution is 5.94. The summed E-state index contributed by atoms with van der Waals surface area (Å²) in [6, 6.07) is 17.6. The Labute approximate surface area is 145 Å². The van der Waals surface area contributed by atoms with E-state index in [0.717, 1.165) is 16.7 Å². The van der Waals surface area contributed by atoms with Gasteiger partial charge in [-0.15, -0.1) is 0 Å². The van der Waals surface area contributed by atoms with Crippen molar-refractivity contribution in [1.29, 1.82) is 0 Å². The number of aromatic carboxylic acids is 1. The van der Waals surface area contributed by atoms with Crippen LogP contribution in [0, 0.1) is 0 Å². The number of nitrogens with one attached hydrogen (secondary N) is 1. The van der Waals surface area contributed by atoms with Crippen LogP contribution >= 0.6 is 0 Å². The summed E-state index contributed by atoms with van der Waals surface area (Å²) in [5, 5.41) is 11.8. The molecule has 25 heavy (non-hydrogen) atoms. The molecule has 0 atom stereocenters. The Kier molecular flexibility index (Phi) is 4.85. The number of hydrogen-bond acceptors (Lipinski definition) is 3. The number of carbonyl (C=O) groups excluding carboxylic acids is 1. The van der Waals surface area contributed by atoms with E-state index >= 15 is 0 Å². The number of carboxylic acid groups (broad SMARTS) is 1. The highest BCUT2D eigenvalue weighted by atomic mass is 16.4. The fraction of sp³-hybridized carbons (Fsp3) is 0.0500. The number of nitrogens with zero attached hydrogens (tertiary/aromatic N) is 1. The number of benzene rings is 2. The summed E-state index contributed by atoms with van der Waals surface area (Å²) < 4.78 is 0. The number of carboxylic acids is 1. The molecule has 2 N–H and O–H groups in total. The van der Waals surface area contributed by atoms with Crippen molar-refractivity contribution in [3.63, 3.8) is 0 Å². The van der Waals surface area contributed by atoms with Crippen molar-refractivity contribution in [1.82, 2.24) is 10.3 Å². The largest absolute Gasteiger partial charge is 0.478 e. The van der Waals surface area contributed by atoms with Gasteiger partial charge in [0.05, 0.1) is 5.56 Å². The molecule has 0 spiro atoms. The van der Waals surface area contributed by atoms with Crippen LogP contribution in [0.2, 0.25) is 0 Å². The van der Waals surface area contributed by atoms with Gasteiger partial charge in [-0.05, 0) is 53.1 Å². The SMILES string of the molecule is O=C(O)c1cccc(CNC(=O)c2ccc(-c3ccncc3)cc2)c1. The van der Waals surface area contributed by atoms with Gasteiger partial charge >= 0.3 is 5.97 Å². The summed E-state index contributed by atoms with van der Waals surface area (Å²) in [6.45, 7) is 0.270. The van der Waals surface area contributed by atoms with Crippen molar-refractivity contribution in [2.75, 3.05) is 0 Å². The van der Waals surface area contributed by atoms with E-state index in [2.05, 4.69) is 10.3 Å². The van der Waals surface area contributed by atoms with Crippen molar-refractivity contribution in [2.45, 2.75) is 6.54 Å². The van der Waals surface area contributed by atoms with Crippen LogP contribution in [0.25, 0.3) is 11.1 Å². The van der Waals surface area contributed by atoms with E-state index in [4.69, 9.17) is 5.11 Å². The van der Waals surface area contributed by atoms with Gasteiger partial charge in [0.2, 0.25) is 0 Å². The van der Waals surface area contributed by atoms with Gasteiger partial charge in [-0.25, -0.2) is 4.79 Å². The number of pyridine rings is 1. The van der Waals surface area contributed by atoms with E-state index in [-0.39, 0.29) is 18.0 Å². The molecule has 0 aliphatic rings. The summed E-state index contributed by atoms with van der Waals surface area (Å²) in [6.07, 6.45) is 3.45. The quantitative estimate of drug-likeness (QED) is 0.751. The lowest BCUT2D eigenvalue weighted by molar-refractivity contribution is 0.0696. The average Bonchev–Trinajstić information content (AvgIpc) is 2.67. The first-order chi connectivity index (χ1) is 12.1. The van der Waals surface area contributed by atoms with E-state index in [1.807, 2.05) is 24.3 Å². The first-order valence-corrected chi connectivity index (χ1v) is 7.74. The Morgan fingerprint density at radius 3 is 2.24 bits per heavy atom. The Balaban J connectivity index is 1.65. The summed E-state index contributed by atoms with van der Waals surface area (Å²) in [5.41, 5.74) is 3.53. The number of carbonyl (C=O) groups is 2. The van der Waals surface area contributed by atoms with E-state index in [9.17, 15) is 9.59 Å². The zero-order valence-electron chi connectivity index (χ0n) is 13.3. The van der Waals surface area contributed by atoms with Gasteiger partial charge in [0, 0.05) is 24.5 Å². The van der Waals surface area contributed by atoms with Crippen LogP contribution in [-0.2, 0) is 6.54 Å². The van der Waals surface area contributed by atoms with Gasteiger partial charge in [0.15, 0.2) is 0 Å². The molecule has 0 radical (unpaired) electrons. The smallest absolute Gasteiger partial charge is 0.335 e. The number of hydrogen-bond donors (Lipinski definition) is 2. The Bertz CT molecular complexity index is 890. The lowest BCUT2D eigenvalue weighted by Crippen LogP contribution is -2.22. The summed E-state index contributed by atoms with van der Waals surface area (Å²) >= 11 is 0. The molecule has 1 amide bonds. The fourth-order valence-corrected chi connectivity index (χ4v) is 2.46. The third-order valence-electron chi connectivity index (χ3n) is 3.79. The van der Waals surface area contributed by atoms with Crippen LogP contribution in [0.15, 0.2) is 73.1 Å². The number of rotatable bonds is 5. The van der Waals surface area contributed by atoms with Crippen LogP contribution in [0.1, 0.15) is 26.3 Å². The normalized spacial score (nSPS) is 10.2. The minimum absolute atomic E-state index is 0.202. The molecule has 3 rings (SSSR count). The molecule has 2 aromatic carbocycles. The van der Waals surface area contributed by atoms with Gasteiger partial charge in [-0.3, -0.25) is 9.78 Å². The minimum Gasteiger partial charge on any atom is -0.478 e. The topological polar surface area (TPSA) is 79.3 Å². The highest BCUT2D eigenvalue weighted by Gasteiger charge is 2.07. The van der Waals surface area contributed by atoms with Crippen LogP contribution in [0.4, 0.5) is 0 Å². The predicted octanol–water partition coefficient (Wildman–Crippen LogP) is 3.38. The van der Waals surface area contributed by atoms with Crippen molar-refractivity contribution in [3.05, 3.63) is 89.7 Å². The van der Waals surface area contributed by atoms with E-state index in [1.54, 1.807) is 42.7 Å². The van der Waals surface area contributed by atoms with Gasteiger partial charge in [-0.1, -0.05) is 24.3 Å². The van der Waals surface area contributed by atoms with Gasteiger partial charge < -0.3 is 10.4 Å². The molecule has 0 aliphatic carbocycles. The van der Waals surface area contributed by atoms with Crippen molar-refractivity contribution >= 4 is 11.9 Å². The standard InChI is InChI=1S/C20H16N2O3/c23-19(22-13-14-2-1-3-18(12-14)20(24)25)17-6-4-15(5-7-17)16-8-10-21-11-9-16/h1-12H,13H2,(H,22,23)(H,24,25). The molecule has 124 valence electrons. The number of amides is 1. The second kappa shape index (κ2) is 7.40. The molecule has 0 unspecified atom stereocenters. The molecule has 0 bridgehead atoms. The van der Waals surface area contributed by atoms with Crippen LogP contribution in [0.3, 0.4) is 0 Å². The molecule has 0 saturated carbocycles. The Hall–Kier alpha value is -3.47. The van der Waals surface area contributed by atoms with Crippen LogP contribution in [-0.4, -0.2) is 22.0 Å². The van der Waals surface area contributed by atoms with E-state index < -0.39 is 5.97 Å². The van der Waals surface area contributed by atoms with Gasteiger partial charge in [-0.2, -0.15) is 0 Å². The lowest BCUT2D eigenvalue weighted by Gasteiger charge is -2.07. The molecule has 1 heterocycles. The van der Waals surface area contributed by atoms with E-state index in [0.29, 0.717) is 5.56 Å². The van der Waals surface area contributed by atoms with Gasteiger partial charge in [0.1, 0.15) is 0 Å². The zero-order chi connectivity index (χ0) is 17.6. The van der Waals surface area contributed by atoms with Crippen molar-refractivity contribution in [2.24, 2.45) is 0 Å². The highest BCUT2D eigenvalue weighted by Crippen LogP contribution is 2.18. The maximum absolute atomic E-state index is 12.2. The number of aromatic nitrogens is 1. The maximum atomic E-state index is 12.2. The first-order valence-electron chi connectivity index (χ1n) is 7.74. The summed E-state index contributed by atoms with van der Waals surface area (Å²) in [4.78, 5) is 27.2. The maximum Gasteiger partial charge on any atom is 0.335 e.